The molecular formula is C23H25N3O3. The van der Waals surface area contributed by atoms with Gasteiger partial charge in [-0.1, -0.05) is 30.3 Å². The van der Waals surface area contributed by atoms with Crippen LogP contribution in [0.4, 0.5) is 0 Å². The van der Waals surface area contributed by atoms with Crippen LogP contribution in [-0.4, -0.2) is 40.1 Å². The van der Waals surface area contributed by atoms with Crippen molar-refractivity contribution in [3.8, 4) is 5.75 Å². The van der Waals surface area contributed by atoms with E-state index in [0.717, 1.165) is 31.7 Å². The van der Waals surface area contributed by atoms with Gasteiger partial charge in [0.2, 0.25) is 5.91 Å². The van der Waals surface area contributed by atoms with Crippen LogP contribution in [0.15, 0.2) is 65.7 Å². The number of nitrogens with zero attached hydrogens (tertiary/aromatic N) is 3. The molecule has 4 rings (SSSR count). The quantitative estimate of drug-likeness (QED) is 0.648. The van der Waals surface area contributed by atoms with Crippen molar-refractivity contribution in [2.24, 2.45) is 5.92 Å². The third-order valence-corrected chi connectivity index (χ3v) is 5.49. The van der Waals surface area contributed by atoms with E-state index >= 15 is 0 Å². The molecule has 3 aromatic rings. The Morgan fingerprint density at radius 2 is 1.76 bits per heavy atom. The lowest BCUT2D eigenvalue weighted by Crippen LogP contribution is -2.40. The number of aromatic nitrogens is 2. The first-order valence-electron chi connectivity index (χ1n) is 10.1. The number of rotatable bonds is 6. The molecule has 1 aromatic heterocycles. The molecule has 1 aliphatic rings. The van der Waals surface area contributed by atoms with Gasteiger partial charge in [-0.15, -0.1) is 0 Å². The number of aryl methyl sites for hydroxylation is 1. The Kier molecular flexibility index (Phi) is 5.89. The minimum absolute atomic E-state index is 0.0903. The van der Waals surface area contributed by atoms with Gasteiger partial charge < -0.3 is 9.64 Å². The zero-order chi connectivity index (χ0) is 20.1. The van der Waals surface area contributed by atoms with Crippen LogP contribution < -0.4 is 10.3 Å². The number of fused-ring (bicyclic) bond motifs is 1. The summed E-state index contributed by atoms with van der Waals surface area (Å²) in [4.78, 5) is 31.3. The highest BCUT2D eigenvalue weighted by atomic mass is 16.5. The number of carbonyl (C=O) groups excluding carboxylic acids is 1. The number of piperidine rings is 1. The highest BCUT2D eigenvalue weighted by Gasteiger charge is 2.23. The molecule has 6 nitrogen and oxygen atoms in total. The van der Waals surface area contributed by atoms with E-state index in [1.54, 1.807) is 6.07 Å². The molecule has 0 atom stereocenters. The number of ether oxygens (including phenoxy) is 1. The van der Waals surface area contributed by atoms with E-state index in [1.807, 2.05) is 53.4 Å². The van der Waals surface area contributed by atoms with Crippen LogP contribution in [0.25, 0.3) is 10.9 Å². The van der Waals surface area contributed by atoms with E-state index in [-0.39, 0.29) is 11.5 Å². The third kappa shape index (κ3) is 4.65. The van der Waals surface area contributed by atoms with Crippen LogP contribution in [0.1, 0.15) is 19.3 Å². The monoisotopic (exact) mass is 391 g/mol. The molecule has 6 heteroatoms. The second-order valence-electron chi connectivity index (χ2n) is 7.46. The summed E-state index contributed by atoms with van der Waals surface area (Å²) < 4.78 is 7.37. The van der Waals surface area contributed by atoms with E-state index in [0.29, 0.717) is 36.4 Å². The fourth-order valence-electron chi connectivity index (χ4n) is 3.72. The van der Waals surface area contributed by atoms with Crippen LogP contribution in [0.2, 0.25) is 0 Å². The number of hydrogen-bond donors (Lipinski definition) is 0. The molecule has 150 valence electrons. The summed E-state index contributed by atoms with van der Waals surface area (Å²) in [5, 5.41) is 0.585. The summed E-state index contributed by atoms with van der Waals surface area (Å²) >= 11 is 0. The third-order valence-electron chi connectivity index (χ3n) is 5.49. The van der Waals surface area contributed by atoms with E-state index in [2.05, 4.69) is 4.98 Å². The molecule has 0 aliphatic carbocycles. The molecule has 1 saturated heterocycles. The van der Waals surface area contributed by atoms with E-state index in [1.165, 1.54) is 10.9 Å². The Labute approximate surface area is 169 Å². The molecule has 0 spiro atoms. The van der Waals surface area contributed by atoms with Crippen LogP contribution in [0, 0.1) is 5.92 Å². The minimum Gasteiger partial charge on any atom is -0.493 e. The molecular weight excluding hydrogens is 366 g/mol. The van der Waals surface area contributed by atoms with Gasteiger partial charge in [-0.05, 0) is 43.0 Å². The molecule has 0 saturated carbocycles. The maximum Gasteiger partial charge on any atom is 0.261 e. The molecule has 1 fully saturated rings. The van der Waals surface area contributed by atoms with Crippen LogP contribution in [-0.2, 0) is 11.3 Å². The van der Waals surface area contributed by atoms with Crippen molar-refractivity contribution in [2.45, 2.75) is 25.8 Å². The van der Waals surface area contributed by atoms with E-state index < -0.39 is 0 Å². The summed E-state index contributed by atoms with van der Waals surface area (Å²) in [7, 11) is 0. The highest BCUT2D eigenvalue weighted by Crippen LogP contribution is 2.20. The summed E-state index contributed by atoms with van der Waals surface area (Å²) in [6.45, 7) is 2.52. The van der Waals surface area contributed by atoms with Crippen molar-refractivity contribution in [2.75, 3.05) is 19.7 Å². The van der Waals surface area contributed by atoms with Gasteiger partial charge in [0.05, 0.1) is 23.8 Å². The molecule has 0 N–H and O–H groups in total. The van der Waals surface area contributed by atoms with Crippen molar-refractivity contribution < 1.29 is 9.53 Å². The molecule has 29 heavy (non-hydrogen) atoms. The lowest BCUT2D eigenvalue weighted by atomic mass is 9.97. The molecule has 0 bridgehead atoms. The first kappa shape index (κ1) is 19.2. The molecule has 2 heterocycles. The predicted molar refractivity (Wildman–Crippen MR) is 112 cm³/mol. The van der Waals surface area contributed by atoms with Crippen LogP contribution in [0.5, 0.6) is 5.75 Å². The summed E-state index contributed by atoms with van der Waals surface area (Å²) in [6, 6.07) is 17.1. The van der Waals surface area contributed by atoms with Crippen molar-refractivity contribution in [3.63, 3.8) is 0 Å². The van der Waals surface area contributed by atoms with Gasteiger partial charge in [0.15, 0.2) is 0 Å². The van der Waals surface area contributed by atoms with E-state index in [4.69, 9.17) is 4.74 Å². The van der Waals surface area contributed by atoms with Gasteiger partial charge in [0.1, 0.15) is 5.75 Å². The summed E-state index contributed by atoms with van der Waals surface area (Å²) in [5.41, 5.74) is 0.583. The number of hydrogen-bond acceptors (Lipinski definition) is 4. The Morgan fingerprint density at radius 3 is 2.55 bits per heavy atom. The Balaban J connectivity index is 1.26. The number of amides is 1. The number of likely N-dealkylation sites (tertiary alicyclic amines) is 1. The maximum absolute atomic E-state index is 12.6. The normalized spacial score (nSPS) is 14.8. The van der Waals surface area contributed by atoms with Crippen LogP contribution in [0.3, 0.4) is 0 Å². The fraction of sp³-hybridized carbons (Fsp3) is 0.348. The molecule has 0 unspecified atom stereocenters. The lowest BCUT2D eigenvalue weighted by Gasteiger charge is -2.32. The largest absolute Gasteiger partial charge is 0.493 e. The van der Waals surface area contributed by atoms with Crippen molar-refractivity contribution in [1.29, 1.82) is 0 Å². The van der Waals surface area contributed by atoms with Crippen molar-refractivity contribution in [3.05, 3.63) is 71.3 Å². The Bertz CT molecular complexity index is 1020. The fourth-order valence-corrected chi connectivity index (χ4v) is 3.72. The first-order chi connectivity index (χ1) is 14.2. The Hall–Kier alpha value is -3.15. The lowest BCUT2D eigenvalue weighted by molar-refractivity contribution is -0.133. The van der Waals surface area contributed by atoms with Gasteiger partial charge in [-0.25, -0.2) is 4.98 Å². The van der Waals surface area contributed by atoms with Gasteiger partial charge in [-0.2, -0.15) is 0 Å². The number of para-hydroxylation sites is 2. The standard InChI is InChI=1S/C23H25N3O3/c27-22(12-15-26-17-24-21-9-5-4-8-20(21)23(26)28)25-13-10-18(11-14-25)16-29-19-6-2-1-3-7-19/h1-9,17-18H,10-16H2. The smallest absolute Gasteiger partial charge is 0.261 e. The van der Waals surface area contributed by atoms with Gasteiger partial charge >= 0.3 is 0 Å². The second-order valence-corrected chi connectivity index (χ2v) is 7.46. The maximum atomic E-state index is 12.6. The molecule has 0 radical (unpaired) electrons. The Morgan fingerprint density at radius 1 is 1.03 bits per heavy atom. The topological polar surface area (TPSA) is 64.4 Å². The average Bonchev–Trinajstić information content (AvgIpc) is 2.78. The molecule has 1 aliphatic heterocycles. The predicted octanol–water partition coefficient (Wildman–Crippen LogP) is 3.10. The second kappa shape index (κ2) is 8.90. The summed E-state index contributed by atoms with van der Waals surface area (Å²) in [6.07, 6.45) is 3.72. The highest BCUT2D eigenvalue weighted by molar-refractivity contribution is 5.77. The van der Waals surface area contributed by atoms with Gasteiger partial charge in [0.25, 0.3) is 5.56 Å². The first-order valence-corrected chi connectivity index (χ1v) is 10.1. The molecule has 1 amide bonds. The number of benzene rings is 2. The molecule has 2 aromatic carbocycles. The summed E-state index contributed by atoms with van der Waals surface area (Å²) in [5.74, 6) is 1.44. The van der Waals surface area contributed by atoms with Gasteiger partial charge in [-0.3, -0.25) is 14.2 Å². The minimum atomic E-state index is -0.0971. The van der Waals surface area contributed by atoms with Crippen molar-refractivity contribution in [1.82, 2.24) is 14.5 Å². The van der Waals surface area contributed by atoms with Crippen LogP contribution >= 0.6 is 0 Å². The average molecular weight is 391 g/mol. The SMILES string of the molecule is O=C(CCn1cnc2ccccc2c1=O)N1CCC(COc2ccccc2)CC1. The number of carbonyl (C=O) groups is 1. The zero-order valence-electron chi connectivity index (χ0n) is 16.4. The van der Waals surface area contributed by atoms with Crippen molar-refractivity contribution >= 4 is 16.8 Å². The van der Waals surface area contributed by atoms with Gasteiger partial charge in [0, 0.05) is 26.1 Å². The zero-order valence-corrected chi connectivity index (χ0v) is 16.4. The van der Waals surface area contributed by atoms with E-state index in [9.17, 15) is 9.59 Å².